The molecule has 0 fully saturated rings. The zero-order valence-corrected chi connectivity index (χ0v) is 18.2. The molecule has 0 amide bonds. The van der Waals surface area contributed by atoms with Crippen LogP contribution >= 0.6 is 31.9 Å². The summed E-state index contributed by atoms with van der Waals surface area (Å²) in [5.74, 6) is 0. The molecular formula is C20H19Br2N3O. The Labute approximate surface area is 169 Å². The number of H-pyrrole nitrogens is 1. The Hall–Kier alpha value is -1.92. The van der Waals surface area contributed by atoms with Gasteiger partial charge in [0.2, 0.25) is 0 Å². The average molecular weight is 477 g/mol. The van der Waals surface area contributed by atoms with Crippen LogP contribution < -0.4 is 5.56 Å². The molecule has 0 radical (unpaired) electrons. The first-order chi connectivity index (χ1) is 12.3. The van der Waals surface area contributed by atoms with E-state index in [1.165, 1.54) is 0 Å². The fourth-order valence-corrected chi connectivity index (χ4v) is 3.70. The number of aliphatic imine (C=N–C) groups is 1. The van der Waals surface area contributed by atoms with Gasteiger partial charge in [-0.1, -0.05) is 31.9 Å². The van der Waals surface area contributed by atoms with Crippen LogP contribution in [0.2, 0.25) is 0 Å². The number of aromatic nitrogens is 2. The van der Waals surface area contributed by atoms with Crippen molar-refractivity contribution in [3.05, 3.63) is 77.6 Å². The van der Waals surface area contributed by atoms with Crippen LogP contribution in [0.25, 0.3) is 5.69 Å². The lowest BCUT2D eigenvalue weighted by molar-refractivity contribution is 0.827. The molecular weight excluding hydrogens is 458 g/mol. The molecule has 0 aliphatic heterocycles. The van der Waals surface area contributed by atoms with Crippen molar-refractivity contribution in [2.75, 3.05) is 0 Å². The molecule has 2 aromatic carbocycles. The lowest BCUT2D eigenvalue weighted by atomic mass is 10.1. The monoisotopic (exact) mass is 475 g/mol. The summed E-state index contributed by atoms with van der Waals surface area (Å²) in [5.41, 5.74) is 6.14. The van der Waals surface area contributed by atoms with E-state index in [0.717, 1.165) is 42.7 Å². The third-order valence-electron chi connectivity index (χ3n) is 4.54. The number of hydrogen-bond donors (Lipinski definition) is 1. The van der Waals surface area contributed by atoms with Gasteiger partial charge in [-0.05, 0) is 74.7 Å². The zero-order chi connectivity index (χ0) is 19.0. The predicted molar refractivity (Wildman–Crippen MR) is 114 cm³/mol. The molecule has 0 aliphatic rings. The first-order valence-corrected chi connectivity index (χ1v) is 9.76. The van der Waals surface area contributed by atoms with Crippen LogP contribution in [0.4, 0.5) is 5.69 Å². The van der Waals surface area contributed by atoms with Gasteiger partial charge in [0.05, 0.1) is 16.9 Å². The molecule has 1 heterocycles. The van der Waals surface area contributed by atoms with Crippen molar-refractivity contribution < 1.29 is 0 Å². The quantitative estimate of drug-likeness (QED) is 0.486. The molecule has 0 saturated heterocycles. The summed E-state index contributed by atoms with van der Waals surface area (Å²) in [6.45, 7) is 7.92. The van der Waals surface area contributed by atoms with Gasteiger partial charge < -0.3 is 0 Å². The van der Waals surface area contributed by atoms with E-state index in [1.807, 2.05) is 58.0 Å². The molecule has 0 bridgehead atoms. The maximum Gasteiger partial charge on any atom is 0.280 e. The summed E-state index contributed by atoms with van der Waals surface area (Å²) in [6.07, 6.45) is 1.64. The highest BCUT2D eigenvalue weighted by Crippen LogP contribution is 2.25. The molecule has 0 saturated carbocycles. The second-order valence-corrected chi connectivity index (χ2v) is 8.07. The highest BCUT2D eigenvalue weighted by atomic mass is 79.9. The van der Waals surface area contributed by atoms with Crippen molar-refractivity contribution in [3.8, 4) is 5.69 Å². The number of nitrogens with one attached hydrogen (secondary N) is 1. The van der Waals surface area contributed by atoms with E-state index in [9.17, 15) is 4.79 Å². The van der Waals surface area contributed by atoms with Gasteiger partial charge in [-0.3, -0.25) is 14.9 Å². The molecule has 3 aromatic rings. The van der Waals surface area contributed by atoms with E-state index in [4.69, 9.17) is 0 Å². The third kappa shape index (κ3) is 3.48. The van der Waals surface area contributed by atoms with Crippen molar-refractivity contribution in [2.45, 2.75) is 27.7 Å². The fraction of sp³-hybridized carbons (Fsp3) is 0.200. The highest BCUT2D eigenvalue weighted by molar-refractivity contribution is 9.10. The predicted octanol–water partition coefficient (Wildman–Crippen LogP) is 5.67. The van der Waals surface area contributed by atoms with E-state index in [1.54, 1.807) is 10.9 Å². The van der Waals surface area contributed by atoms with Crippen molar-refractivity contribution in [1.82, 2.24) is 9.78 Å². The molecule has 0 aliphatic carbocycles. The molecule has 6 heteroatoms. The fourth-order valence-electron chi connectivity index (χ4n) is 2.79. The van der Waals surface area contributed by atoms with E-state index in [-0.39, 0.29) is 5.56 Å². The first kappa shape index (κ1) is 18.9. The maximum atomic E-state index is 12.9. The van der Waals surface area contributed by atoms with Gasteiger partial charge in [0.1, 0.15) is 0 Å². The number of hydrogen-bond acceptors (Lipinski definition) is 2. The number of rotatable bonds is 3. The van der Waals surface area contributed by atoms with Crippen LogP contribution in [0, 0.1) is 27.7 Å². The van der Waals surface area contributed by atoms with E-state index in [2.05, 4.69) is 42.0 Å². The van der Waals surface area contributed by atoms with Crippen molar-refractivity contribution in [1.29, 1.82) is 0 Å². The molecule has 0 unspecified atom stereocenters. The third-order valence-corrected chi connectivity index (χ3v) is 5.89. The molecule has 134 valence electrons. The minimum atomic E-state index is -0.106. The van der Waals surface area contributed by atoms with Gasteiger partial charge >= 0.3 is 0 Å². The van der Waals surface area contributed by atoms with Crippen LogP contribution in [0.15, 0.2) is 49.1 Å². The summed E-state index contributed by atoms with van der Waals surface area (Å²) in [6, 6.07) is 9.76. The minimum Gasteiger partial charge on any atom is -0.295 e. The minimum absolute atomic E-state index is 0.106. The summed E-state index contributed by atoms with van der Waals surface area (Å²) >= 11 is 6.98. The number of aromatic amines is 1. The molecule has 0 spiro atoms. The van der Waals surface area contributed by atoms with Crippen LogP contribution in [0.1, 0.15) is 27.9 Å². The standard InChI is InChI=1S/C20H19Br2N3O/c1-11-9-15(21)5-7-18(11)23-10-16-14(4)24-25(20(16)26)19-8-6-17(22)12(2)13(19)3/h5-10,24H,1-4H3. The smallest absolute Gasteiger partial charge is 0.280 e. The summed E-state index contributed by atoms with van der Waals surface area (Å²) < 4.78 is 3.62. The Kier molecular flexibility index (Phi) is 5.34. The summed E-state index contributed by atoms with van der Waals surface area (Å²) in [7, 11) is 0. The maximum absolute atomic E-state index is 12.9. The van der Waals surface area contributed by atoms with Crippen LogP contribution in [0.3, 0.4) is 0 Å². The van der Waals surface area contributed by atoms with Gasteiger partial charge in [-0.2, -0.15) is 0 Å². The number of benzene rings is 2. The molecule has 1 N–H and O–H groups in total. The van der Waals surface area contributed by atoms with Gasteiger partial charge in [-0.15, -0.1) is 0 Å². The average Bonchev–Trinajstić information content (AvgIpc) is 2.87. The first-order valence-electron chi connectivity index (χ1n) is 8.17. The van der Waals surface area contributed by atoms with Crippen LogP contribution in [-0.4, -0.2) is 16.0 Å². The second kappa shape index (κ2) is 7.37. The molecule has 4 nitrogen and oxygen atoms in total. The Morgan fingerprint density at radius 3 is 2.46 bits per heavy atom. The van der Waals surface area contributed by atoms with Gasteiger partial charge in [0.25, 0.3) is 5.56 Å². The summed E-state index contributed by atoms with van der Waals surface area (Å²) in [5, 5.41) is 3.17. The lowest BCUT2D eigenvalue weighted by Crippen LogP contribution is -2.18. The number of nitrogens with zero attached hydrogens (tertiary/aromatic N) is 2. The topological polar surface area (TPSA) is 50.1 Å². The van der Waals surface area contributed by atoms with Crippen molar-refractivity contribution >= 4 is 43.8 Å². The van der Waals surface area contributed by atoms with Crippen LogP contribution in [0.5, 0.6) is 0 Å². The molecule has 0 atom stereocenters. The molecule has 1 aromatic heterocycles. The zero-order valence-electron chi connectivity index (χ0n) is 15.0. The van der Waals surface area contributed by atoms with E-state index < -0.39 is 0 Å². The Bertz CT molecular complexity index is 1080. The van der Waals surface area contributed by atoms with Gasteiger partial charge in [0, 0.05) is 20.9 Å². The highest BCUT2D eigenvalue weighted by Gasteiger charge is 2.14. The van der Waals surface area contributed by atoms with Gasteiger partial charge in [-0.25, -0.2) is 4.68 Å². The Balaban J connectivity index is 2.06. The van der Waals surface area contributed by atoms with Crippen molar-refractivity contribution in [2.24, 2.45) is 4.99 Å². The SMILES string of the molecule is Cc1cc(Br)ccc1N=Cc1c(C)[nH]n(-c2ccc(Br)c(C)c2C)c1=O. The Morgan fingerprint density at radius 2 is 1.77 bits per heavy atom. The normalized spacial score (nSPS) is 11.5. The summed E-state index contributed by atoms with van der Waals surface area (Å²) in [4.78, 5) is 17.4. The Morgan fingerprint density at radius 1 is 1.04 bits per heavy atom. The second-order valence-electron chi connectivity index (χ2n) is 6.30. The molecule has 3 rings (SSSR count). The number of halogens is 2. The largest absolute Gasteiger partial charge is 0.295 e. The van der Waals surface area contributed by atoms with Crippen molar-refractivity contribution in [3.63, 3.8) is 0 Å². The molecule has 26 heavy (non-hydrogen) atoms. The number of aryl methyl sites for hydroxylation is 2. The lowest BCUT2D eigenvalue weighted by Gasteiger charge is -2.10. The van der Waals surface area contributed by atoms with Crippen LogP contribution in [-0.2, 0) is 0 Å². The van der Waals surface area contributed by atoms with E-state index >= 15 is 0 Å². The van der Waals surface area contributed by atoms with Gasteiger partial charge in [0.15, 0.2) is 0 Å². The van der Waals surface area contributed by atoms with E-state index in [0.29, 0.717) is 5.56 Å².